The van der Waals surface area contributed by atoms with Gasteiger partial charge in [0.25, 0.3) is 0 Å². The van der Waals surface area contributed by atoms with Crippen LogP contribution in [0.1, 0.15) is 36.9 Å². The van der Waals surface area contributed by atoms with Crippen molar-refractivity contribution in [1.29, 1.82) is 0 Å². The molecular weight excluding hydrogens is 421 g/mol. The number of likely N-dealkylation sites (tertiary alicyclic amines) is 1. The highest BCUT2D eigenvalue weighted by Gasteiger charge is 2.25. The summed E-state index contributed by atoms with van der Waals surface area (Å²) in [5.74, 6) is 0.662. The van der Waals surface area contributed by atoms with Crippen LogP contribution in [0.5, 0.6) is 5.75 Å². The number of benzene rings is 2. The van der Waals surface area contributed by atoms with Crippen LogP contribution >= 0.6 is 0 Å². The fraction of sp³-hybridized carbons (Fsp3) is 0.423. The number of fused-ring (bicyclic) bond motifs is 4. The van der Waals surface area contributed by atoms with Crippen LogP contribution in [0.3, 0.4) is 0 Å². The maximum atomic E-state index is 13.8. The average Bonchev–Trinajstić information content (AvgIpc) is 3.38. The van der Waals surface area contributed by atoms with Crippen molar-refractivity contribution in [2.45, 2.75) is 44.6 Å². The predicted molar refractivity (Wildman–Crippen MR) is 125 cm³/mol. The largest absolute Gasteiger partial charge is 0.486 e. The molecule has 3 heterocycles. The lowest BCUT2D eigenvalue weighted by atomic mass is 9.84. The molecule has 6 nitrogen and oxygen atoms in total. The van der Waals surface area contributed by atoms with Gasteiger partial charge in [0.1, 0.15) is 11.9 Å². The molecule has 0 radical (unpaired) electrons. The van der Waals surface area contributed by atoms with Gasteiger partial charge in [-0.15, -0.1) is 0 Å². The van der Waals surface area contributed by atoms with Gasteiger partial charge in [-0.1, -0.05) is 6.07 Å². The Morgan fingerprint density at radius 3 is 2.85 bits per heavy atom. The minimum atomic E-state index is -0.455. The Hall–Kier alpha value is -3.06. The van der Waals surface area contributed by atoms with E-state index >= 15 is 0 Å². The highest BCUT2D eigenvalue weighted by Crippen LogP contribution is 2.34. The smallest absolute Gasteiger partial charge is 0.417 e. The molecule has 33 heavy (non-hydrogen) atoms. The standard InChI is InChI=1S/C26H28FN3O3/c27-17-5-7-22-20(15-17)19-14-16(4-6-21(19)28-22)8-11-30-12-9-18(10-13-30)32-24-3-1-2-23-25(24)33-26(31)29-23/h1-3,5,7,15-16,18,28H,4,6,8-14H2,(H,29,31). The van der Waals surface area contributed by atoms with Gasteiger partial charge in [0.2, 0.25) is 0 Å². The third kappa shape index (κ3) is 4.06. The van der Waals surface area contributed by atoms with Crippen molar-refractivity contribution in [3.05, 3.63) is 64.0 Å². The Bertz CT molecular complexity index is 1350. The number of aromatic nitrogens is 2. The monoisotopic (exact) mass is 449 g/mol. The number of nitrogens with one attached hydrogen (secondary N) is 2. The number of aromatic amines is 2. The number of para-hydroxylation sites is 1. The van der Waals surface area contributed by atoms with E-state index in [-0.39, 0.29) is 11.9 Å². The topological polar surface area (TPSA) is 74.3 Å². The van der Waals surface area contributed by atoms with E-state index in [1.165, 1.54) is 30.2 Å². The molecule has 0 spiro atoms. The minimum absolute atomic E-state index is 0.130. The highest BCUT2D eigenvalue weighted by atomic mass is 19.1. The molecule has 2 aliphatic rings. The van der Waals surface area contributed by atoms with E-state index in [0.717, 1.165) is 56.2 Å². The van der Waals surface area contributed by atoms with E-state index in [4.69, 9.17) is 9.15 Å². The number of nitrogens with zero attached hydrogens (tertiary/aromatic N) is 1. The van der Waals surface area contributed by atoms with Gasteiger partial charge in [-0.2, -0.15) is 0 Å². The van der Waals surface area contributed by atoms with Gasteiger partial charge in [-0.25, -0.2) is 9.18 Å². The summed E-state index contributed by atoms with van der Waals surface area (Å²) in [6, 6.07) is 10.6. The number of hydrogen-bond acceptors (Lipinski definition) is 4. The van der Waals surface area contributed by atoms with E-state index in [1.807, 2.05) is 24.3 Å². The second-order valence-electron chi connectivity index (χ2n) is 9.48. The fourth-order valence-corrected chi connectivity index (χ4v) is 5.54. The molecule has 1 aliphatic heterocycles. The van der Waals surface area contributed by atoms with Crippen LogP contribution in [0.2, 0.25) is 0 Å². The maximum Gasteiger partial charge on any atom is 0.417 e. The predicted octanol–water partition coefficient (Wildman–Crippen LogP) is 4.78. The summed E-state index contributed by atoms with van der Waals surface area (Å²) < 4.78 is 25.2. The average molecular weight is 450 g/mol. The van der Waals surface area contributed by atoms with Gasteiger partial charge in [0.15, 0.2) is 11.3 Å². The number of H-pyrrole nitrogens is 2. The van der Waals surface area contributed by atoms with Gasteiger partial charge in [0.05, 0.1) is 5.52 Å². The van der Waals surface area contributed by atoms with E-state index in [0.29, 0.717) is 22.8 Å². The normalized spacial score (nSPS) is 19.8. The number of hydrogen-bond donors (Lipinski definition) is 2. The summed E-state index contributed by atoms with van der Waals surface area (Å²) in [7, 11) is 0. The van der Waals surface area contributed by atoms with Crippen LogP contribution in [0.4, 0.5) is 4.39 Å². The summed E-state index contributed by atoms with van der Waals surface area (Å²) in [4.78, 5) is 20.2. The molecule has 2 aromatic heterocycles. The SMILES string of the molecule is O=c1[nH]c2cccc(OC3CCN(CCC4CCc5[nH]c6ccc(F)cc6c5C4)CC3)c2o1. The molecule has 2 N–H and O–H groups in total. The lowest BCUT2D eigenvalue weighted by Gasteiger charge is -2.33. The van der Waals surface area contributed by atoms with Crippen molar-refractivity contribution in [2.24, 2.45) is 5.92 Å². The summed E-state index contributed by atoms with van der Waals surface area (Å²) in [5, 5.41) is 1.06. The Balaban J connectivity index is 1.03. The highest BCUT2D eigenvalue weighted by molar-refractivity contribution is 5.85. The van der Waals surface area contributed by atoms with Crippen LogP contribution in [0, 0.1) is 11.7 Å². The first-order valence-corrected chi connectivity index (χ1v) is 11.9. The van der Waals surface area contributed by atoms with Crippen LogP contribution in [0.25, 0.3) is 22.0 Å². The zero-order chi connectivity index (χ0) is 22.4. The summed E-state index contributed by atoms with van der Waals surface area (Å²) in [5.41, 5.74) is 4.83. The first kappa shape index (κ1) is 20.5. The number of oxazole rings is 1. The van der Waals surface area contributed by atoms with Crippen molar-refractivity contribution >= 4 is 22.0 Å². The first-order valence-electron chi connectivity index (χ1n) is 11.9. The Labute approximate surface area is 190 Å². The van der Waals surface area contributed by atoms with Crippen molar-refractivity contribution < 1.29 is 13.5 Å². The molecule has 1 saturated heterocycles. The molecule has 0 bridgehead atoms. The number of aryl methyl sites for hydroxylation is 1. The van der Waals surface area contributed by atoms with E-state index in [9.17, 15) is 9.18 Å². The van der Waals surface area contributed by atoms with Crippen LogP contribution < -0.4 is 10.5 Å². The number of rotatable bonds is 5. The molecule has 4 aromatic rings. The fourth-order valence-electron chi connectivity index (χ4n) is 5.54. The molecule has 0 amide bonds. The number of piperidine rings is 1. The van der Waals surface area contributed by atoms with Crippen molar-refractivity contribution in [3.63, 3.8) is 0 Å². The Kier molecular flexibility index (Phi) is 5.21. The van der Waals surface area contributed by atoms with E-state index in [1.54, 1.807) is 6.07 Å². The van der Waals surface area contributed by atoms with Crippen LogP contribution in [-0.4, -0.2) is 40.6 Å². The summed E-state index contributed by atoms with van der Waals surface area (Å²) in [6.45, 7) is 3.10. The minimum Gasteiger partial charge on any atom is -0.486 e. The molecule has 1 atom stereocenters. The molecule has 1 aliphatic carbocycles. The number of halogens is 1. The third-order valence-electron chi connectivity index (χ3n) is 7.34. The van der Waals surface area contributed by atoms with Gasteiger partial charge >= 0.3 is 5.76 Å². The van der Waals surface area contributed by atoms with Crippen molar-refractivity contribution in [3.8, 4) is 5.75 Å². The molecule has 6 rings (SSSR count). The lowest BCUT2D eigenvalue weighted by Crippen LogP contribution is -2.39. The second kappa shape index (κ2) is 8.37. The zero-order valence-electron chi connectivity index (χ0n) is 18.5. The molecule has 1 unspecified atom stereocenters. The van der Waals surface area contributed by atoms with Gasteiger partial charge in [-0.3, -0.25) is 4.98 Å². The molecule has 0 saturated carbocycles. The van der Waals surface area contributed by atoms with Crippen molar-refractivity contribution in [2.75, 3.05) is 19.6 Å². The number of ether oxygens (including phenoxy) is 1. The molecule has 172 valence electrons. The second-order valence-corrected chi connectivity index (χ2v) is 9.48. The van der Waals surface area contributed by atoms with Gasteiger partial charge in [-0.05, 0) is 86.9 Å². The maximum absolute atomic E-state index is 13.8. The van der Waals surface area contributed by atoms with E-state index in [2.05, 4.69) is 14.9 Å². The Morgan fingerprint density at radius 1 is 1.09 bits per heavy atom. The molecule has 2 aromatic carbocycles. The zero-order valence-corrected chi connectivity index (χ0v) is 18.5. The van der Waals surface area contributed by atoms with Crippen molar-refractivity contribution in [1.82, 2.24) is 14.9 Å². The quantitative estimate of drug-likeness (QED) is 0.460. The summed E-state index contributed by atoms with van der Waals surface area (Å²) >= 11 is 0. The molecule has 1 fully saturated rings. The lowest BCUT2D eigenvalue weighted by molar-refractivity contribution is 0.0968. The molecule has 7 heteroatoms. The van der Waals surface area contributed by atoms with E-state index < -0.39 is 5.76 Å². The van der Waals surface area contributed by atoms with Gasteiger partial charge in [0, 0.05) is 29.7 Å². The first-order chi connectivity index (χ1) is 16.1. The Morgan fingerprint density at radius 2 is 1.97 bits per heavy atom. The molecular formula is C26H28FN3O3. The van der Waals surface area contributed by atoms with Gasteiger partial charge < -0.3 is 19.0 Å². The summed E-state index contributed by atoms with van der Waals surface area (Å²) in [6.07, 6.45) is 6.49. The van der Waals surface area contributed by atoms with Crippen LogP contribution in [0.15, 0.2) is 45.6 Å². The third-order valence-corrected chi connectivity index (χ3v) is 7.34. The van der Waals surface area contributed by atoms with Crippen LogP contribution in [-0.2, 0) is 12.8 Å².